The molecule has 4 nitrogen and oxygen atoms in total. The van der Waals surface area contributed by atoms with Gasteiger partial charge in [0.1, 0.15) is 0 Å². The predicted molar refractivity (Wildman–Crippen MR) is 103 cm³/mol. The SMILES string of the molecule is Cc1cccc(-n2ccnc2SC(C)C(=O)Nc2ccccc2)c1C. The van der Waals surface area contributed by atoms with E-state index < -0.39 is 0 Å². The number of rotatable bonds is 5. The van der Waals surface area contributed by atoms with Gasteiger partial charge in [-0.1, -0.05) is 42.1 Å². The van der Waals surface area contributed by atoms with Crippen molar-refractivity contribution < 1.29 is 4.79 Å². The van der Waals surface area contributed by atoms with E-state index in [1.54, 1.807) is 6.20 Å². The molecule has 1 unspecified atom stereocenters. The van der Waals surface area contributed by atoms with Crippen molar-refractivity contribution in [2.75, 3.05) is 5.32 Å². The molecule has 1 heterocycles. The van der Waals surface area contributed by atoms with Crippen LogP contribution in [0.3, 0.4) is 0 Å². The van der Waals surface area contributed by atoms with E-state index >= 15 is 0 Å². The van der Waals surface area contributed by atoms with E-state index in [0.717, 1.165) is 16.5 Å². The predicted octanol–water partition coefficient (Wildman–Crippen LogP) is 4.61. The van der Waals surface area contributed by atoms with Crippen molar-refractivity contribution >= 4 is 23.4 Å². The van der Waals surface area contributed by atoms with Gasteiger partial charge in [-0.2, -0.15) is 0 Å². The number of para-hydroxylation sites is 1. The summed E-state index contributed by atoms with van der Waals surface area (Å²) < 4.78 is 2.04. The molecule has 0 fully saturated rings. The van der Waals surface area contributed by atoms with Crippen LogP contribution in [0.25, 0.3) is 5.69 Å². The van der Waals surface area contributed by atoms with Gasteiger partial charge in [-0.05, 0) is 50.1 Å². The Morgan fingerprint density at radius 1 is 1.12 bits per heavy atom. The number of imidazole rings is 1. The second-order valence-electron chi connectivity index (χ2n) is 5.91. The first-order valence-electron chi connectivity index (χ1n) is 8.19. The fourth-order valence-corrected chi connectivity index (χ4v) is 3.41. The average Bonchev–Trinajstić information content (AvgIpc) is 3.06. The minimum absolute atomic E-state index is 0.0354. The highest BCUT2D eigenvalue weighted by atomic mass is 32.2. The van der Waals surface area contributed by atoms with E-state index in [1.807, 2.05) is 54.1 Å². The zero-order valence-corrected chi connectivity index (χ0v) is 15.4. The Morgan fingerprint density at radius 2 is 1.88 bits per heavy atom. The lowest BCUT2D eigenvalue weighted by Gasteiger charge is -2.15. The smallest absolute Gasteiger partial charge is 0.237 e. The normalized spacial score (nSPS) is 12.0. The Balaban J connectivity index is 1.77. The van der Waals surface area contributed by atoms with Crippen molar-refractivity contribution in [2.45, 2.75) is 31.2 Å². The number of carbonyl (C=O) groups is 1. The Bertz CT molecular complexity index is 874. The molecule has 0 saturated heterocycles. The fraction of sp³-hybridized carbons (Fsp3) is 0.200. The van der Waals surface area contributed by atoms with Crippen molar-refractivity contribution in [3.8, 4) is 5.69 Å². The van der Waals surface area contributed by atoms with E-state index in [2.05, 4.69) is 36.3 Å². The third-order valence-electron chi connectivity index (χ3n) is 4.14. The van der Waals surface area contributed by atoms with Gasteiger partial charge in [-0.15, -0.1) is 0 Å². The van der Waals surface area contributed by atoms with Gasteiger partial charge in [0, 0.05) is 18.1 Å². The average molecular weight is 351 g/mol. The lowest BCUT2D eigenvalue weighted by Crippen LogP contribution is -2.22. The molecule has 1 amide bonds. The summed E-state index contributed by atoms with van der Waals surface area (Å²) in [5.41, 5.74) is 4.34. The first-order chi connectivity index (χ1) is 12.1. The van der Waals surface area contributed by atoms with Crippen LogP contribution in [0.1, 0.15) is 18.1 Å². The molecule has 0 radical (unpaired) electrons. The van der Waals surface area contributed by atoms with E-state index in [9.17, 15) is 4.79 Å². The molecule has 0 aliphatic rings. The molecule has 5 heteroatoms. The number of aromatic nitrogens is 2. The van der Waals surface area contributed by atoms with E-state index in [-0.39, 0.29) is 11.2 Å². The zero-order valence-electron chi connectivity index (χ0n) is 14.6. The minimum atomic E-state index is -0.258. The number of carbonyl (C=O) groups excluding carboxylic acids is 1. The summed E-state index contributed by atoms with van der Waals surface area (Å²) in [6.07, 6.45) is 3.71. The number of aryl methyl sites for hydroxylation is 1. The van der Waals surface area contributed by atoms with Crippen LogP contribution in [0, 0.1) is 13.8 Å². The molecule has 0 aliphatic carbocycles. The van der Waals surface area contributed by atoms with Crippen molar-refractivity contribution in [1.82, 2.24) is 9.55 Å². The number of nitrogens with one attached hydrogen (secondary N) is 1. The second-order valence-corrected chi connectivity index (χ2v) is 7.22. The third kappa shape index (κ3) is 3.94. The summed E-state index contributed by atoms with van der Waals surface area (Å²) in [5.74, 6) is -0.0354. The summed E-state index contributed by atoms with van der Waals surface area (Å²) in [4.78, 5) is 16.9. The highest BCUT2D eigenvalue weighted by molar-refractivity contribution is 8.00. The maximum atomic E-state index is 12.4. The molecule has 0 saturated carbocycles. The van der Waals surface area contributed by atoms with Gasteiger partial charge in [0.05, 0.1) is 10.9 Å². The minimum Gasteiger partial charge on any atom is -0.325 e. The van der Waals surface area contributed by atoms with Gasteiger partial charge < -0.3 is 5.32 Å². The van der Waals surface area contributed by atoms with Gasteiger partial charge >= 0.3 is 0 Å². The first-order valence-corrected chi connectivity index (χ1v) is 9.06. The fourth-order valence-electron chi connectivity index (χ4n) is 2.53. The first kappa shape index (κ1) is 17.3. The van der Waals surface area contributed by atoms with Crippen LogP contribution in [-0.4, -0.2) is 20.7 Å². The van der Waals surface area contributed by atoms with Gasteiger partial charge in [0.15, 0.2) is 5.16 Å². The largest absolute Gasteiger partial charge is 0.325 e. The molecular formula is C20H21N3OS. The number of anilines is 1. The van der Waals surface area contributed by atoms with Crippen LogP contribution >= 0.6 is 11.8 Å². The van der Waals surface area contributed by atoms with Crippen molar-refractivity contribution in [1.29, 1.82) is 0 Å². The summed E-state index contributed by atoms with van der Waals surface area (Å²) >= 11 is 1.45. The quantitative estimate of drug-likeness (QED) is 0.683. The zero-order chi connectivity index (χ0) is 17.8. The van der Waals surface area contributed by atoms with Crippen molar-refractivity contribution in [3.63, 3.8) is 0 Å². The summed E-state index contributed by atoms with van der Waals surface area (Å²) in [6, 6.07) is 15.7. The van der Waals surface area contributed by atoms with Crippen LogP contribution in [0.4, 0.5) is 5.69 Å². The molecule has 2 aromatic carbocycles. The summed E-state index contributed by atoms with van der Waals surface area (Å²) in [6.45, 7) is 6.09. The molecule has 0 aliphatic heterocycles. The molecule has 0 bridgehead atoms. The second kappa shape index (κ2) is 7.57. The Hall–Kier alpha value is -2.53. The number of benzene rings is 2. The Kier molecular flexibility index (Phi) is 5.24. The van der Waals surface area contributed by atoms with Crippen LogP contribution in [0.5, 0.6) is 0 Å². The molecule has 1 aromatic heterocycles. The van der Waals surface area contributed by atoms with Crippen LogP contribution < -0.4 is 5.32 Å². The molecule has 1 N–H and O–H groups in total. The Labute approximate surface area is 152 Å². The van der Waals surface area contributed by atoms with Crippen molar-refractivity contribution in [3.05, 3.63) is 72.1 Å². The van der Waals surface area contributed by atoms with E-state index in [1.165, 1.54) is 22.9 Å². The maximum Gasteiger partial charge on any atom is 0.237 e. The molecule has 1 atom stereocenters. The molecule has 0 spiro atoms. The van der Waals surface area contributed by atoms with Gasteiger partial charge in [-0.3, -0.25) is 9.36 Å². The number of nitrogens with zero attached hydrogens (tertiary/aromatic N) is 2. The highest BCUT2D eigenvalue weighted by Crippen LogP contribution is 2.27. The Morgan fingerprint density at radius 3 is 2.64 bits per heavy atom. The molecule has 3 aromatic rings. The molecule has 3 rings (SSSR count). The highest BCUT2D eigenvalue weighted by Gasteiger charge is 2.18. The summed E-state index contributed by atoms with van der Waals surface area (Å²) in [7, 11) is 0. The van der Waals surface area contributed by atoms with Crippen LogP contribution in [0.2, 0.25) is 0 Å². The van der Waals surface area contributed by atoms with Crippen molar-refractivity contribution in [2.24, 2.45) is 0 Å². The van der Waals surface area contributed by atoms with Crippen LogP contribution in [0.15, 0.2) is 66.1 Å². The third-order valence-corrected chi connectivity index (χ3v) is 5.22. The van der Waals surface area contributed by atoms with Gasteiger partial charge in [0.25, 0.3) is 0 Å². The monoisotopic (exact) mass is 351 g/mol. The standard InChI is InChI=1S/C20H21N3OS/c1-14-8-7-11-18(15(14)2)23-13-12-21-20(23)25-16(3)19(24)22-17-9-5-4-6-10-17/h4-13,16H,1-3H3,(H,22,24). The molecule has 25 heavy (non-hydrogen) atoms. The van der Waals surface area contributed by atoms with E-state index in [0.29, 0.717) is 0 Å². The summed E-state index contributed by atoms with van der Waals surface area (Å²) in [5, 5.41) is 3.49. The lowest BCUT2D eigenvalue weighted by atomic mass is 10.1. The number of hydrogen-bond donors (Lipinski definition) is 1. The number of thioether (sulfide) groups is 1. The van der Waals surface area contributed by atoms with E-state index in [4.69, 9.17) is 0 Å². The topological polar surface area (TPSA) is 46.9 Å². The molecular weight excluding hydrogens is 330 g/mol. The number of hydrogen-bond acceptors (Lipinski definition) is 3. The van der Waals surface area contributed by atoms with Gasteiger partial charge in [0.2, 0.25) is 5.91 Å². The lowest BCUT2D eigenvalue weighted by molar-refractivity contribution is -0.115. The van der Waals surface area contributed by atoms with Gasteiger partial charge in [-0.25, -0.2) is 4.98 Å². The van der Waals surface area contributed by atoms with Crippen LogP contribution in [-0.2, 0) is 4.79 Å². The maximum absolute atomic E-state index is 12.4. The molecule has 128 valence electrons. The number of amides is 1.